The van der Waals surface area contributed by atoms with E-state index in [4.69, 9.17) is 15.2 Å². The number of nitrogens with zero attached hydrogens (tertiary/aromatic N) is 4. The van der Waals surface area contributed by atoms with Crippen LogP contribution in [0.5, 0.6) is 0 Å². The molecular formula is C13H18N6O6. The Morgan fingerprint density at radius 3 is 2.96 bits per heavy atom. The zero-order chi connectivity index (χ0) is 18.0. The van der Waals surface area contributed by atoms with Crippen LogP contribution in [-0.4, -0.2) is 67.4 Å². The van der Waals surface area contributed by atoms with Crippen LogP contribution in [0.4, 0.5) is 10.6 Å². The van der Waals surface area contributed by atoms with Crippen molar-refractivity contribution in [3.8, 4) is 0 Å². The summed E-state index contributed by atoms with van der Waals surface area (Å²) in [5.74, 6) is 0.185. The van der Waals surface area contributed by atoms with Crippen LogP contribution in [0.2, 0.25) is 0 Å². The van der Waals surface area contributed by atoms with E-state index in [9.17, 15) is 15.0 Å². The fourth-order valence-corrected chi connectivity index (χ4v) is 2.47. The molecule has 1 aliphatic rings. The predicted octanol–water partition coefficient (Wildman–Crippen LogP) is -1.29. The van der Waals surface area contributed by atoms with Crippen LogP contribution < -0.4 is 11.2 Å². The maximum atomic E-state index is 11.4. The summed E-state index contributed by atoms with van der Waals surface area (Å²) >= 11 is 0. The van der Waals surface area contributed by atoms with Crippen molar-refractivity contribution in [2.75, 3.05) is 18.9 Å². The predicted molar refractivity (Wildman–Crippen MR) is 81.8 cm³/mol. The van der Waals surface area contributed by atoms with E-state index in [0.717, 1.165) is 0 Å². The molecule has 0 unspecified atom stereocenters. The van der Waals surface area contributed by atoms with Gasteiger partial charge in [0, 0.05) is 0 Å². The third-order valence-electron chi connectivity index (χ3n) is 3.68. The van der Waals surface area contributed by atoms with Crippen molar-refractivity contribution in [2.45, 2.75) is 31.5 Å². The highest BCUT2D eigenvalue weighted by Gasteiger charge is 2.45. The molecule has 1 amide bonds. The number of aromatic nitrogens is 4. The van der Waals surface area contributed by atoms with E-state index in [1.807, 2.05) is 5.48 Å². The number of amides is 1. The van der Waals surface area contributed by atoms with Gasteiger partial charge in [0.1, 0.15) is 36.8 Å². The number of hydrogen-bond donors (Lipinski definition) is 4. The van der Waals surface area contributed by atoms with E-state index < -0.39 is 30.6 Å². The van der Waals surface area contributed by atoms with Gasteiger partial charge < -0.3 is 25.4 Å². The smallest absolute Gasteiger partial charge is 0.431 e. The molecule has 1 saturated heterocycles. The molecule has 2 aromatic heterocycles. The van der Waals surface area contributed by atoms with Gasteiger partial charge in [0.25, 0.3) is 0 Å². The minimum Gasteiger partial charge on any atom is -0.445 e. The van der Waals surface area contributed by atoms with Gasteiger partial charge in [-0.2, -0.15) is 5.48 Å². The fraction of sp³-hybridized carbons (Fsp3) is 0.538. The minimum absolute atomic E-state index is 0.185. The Morgan fingerprint density at radius 2 is 2.20 bits per heavy atom. The van der Waals surface area contributed by atoms with Gasteiger partial charge in [0.2, 0.25) is 0 Å². The van der Waals surface area contributed by atoms with E-state index in [2.05, 4.69) is 19.8 Å². The molecule has 0 saturated carbocycles. The maximum Gasteiger partial charge on any atom is 0.431 e. The Hall–Kier alpha value is -2.54. The molecule has 0 spiro atoms. The van der Waals surface area contributed by atoms with Crippen LogP contribution in [0.3, 0.4) is 0 Å². The van der Waals surface area contributed by atoms with Gasteiger partial charge in [-0.15, -0.1) is 0 Å². The van der Waals surface area contributed by atoms with E-state index in [1.54, 1.807) is 6.92 Å². The molecule has 25 heavy (non-hydrogen) atoms. The Bertz CT molecular complexity index is 754. The number of nitrogens with two attached hydrogens (primary N) is 1. The average molecular weight is 354 g/mol. The molecule has 3 rings (SSSR count). The number of imidazole rings is 1. The molecule has 0 radical (unpaired) electrons. The second kappa shape index (κ2) is 7.14. The van der Waals surface area contributed by atoms with E-state index in [1.165, 1.54) is 17.2 Å². The lowest BCUT2D eigenvalue weighted by Gasteiger charge is -2.16. The summed E-state index contributed by atoms with van der Waals surface area (Å²) in [5, 5.41) is 20.4. The van der Waals surface area contributed by atoms with Crippen molar-refractivity contribution in [3.63, 3.8) is 0 Å². The highest BCUT2D eigenvalue weighted by molar-refractivity contribution is 5.81. The summed E-state index contributed by atoms with van der Waals surface area (Å²) in [4.78, 5) is 28.0. The number of hydroxylamine groups is 1. The number of carbonyl (C=O) groups excluding carboxylic acids is 1. The fourth-order valence-electron chi connectivity index (χ4n) is 2.47. The van der Waals surface area contributed by atoms with E-state index in [-0.39, 0.29) is 19.0 Å². The Kier molecular flexibility index (Phi) is 4.94. The molecule has 5 N–H and O–H groups in total. The van der Waals surface area contributed by atoms with Gasteiger partial charge in [-0.05, 0) is 6.92 Å². The van der Waals surface area contributed by atoms with Crippen molar-refractivity contribution in [1.29, 1.82) is 0 Å². The second-order valence-electron chi connectivity index (χ2n) is 5.26. The molecule has 4 atom stereocenters. The van der Waals surface area contributed by atoms with Gasteiger partial charge in [-0.25, -0.2) is 19.7 Å². The number of ether oxygens (including phenoxy) is 2. The van der Waals surface area contributed by atoms with Crippen molar-refractivity contribution in [2.24, 2.45) is 0 Å². The average Bonchev–Trinajstić information content (AvgIpc) is 3.15. The minimum atomic E-state index is -1.28. The number of fused-ring (bicyclic) bond motifs is 1. The number of rotatable bonds is 5. The molecular weight excluding hydrogens is 336 g/mol. The highest BCUT2D eigenvalue weighted by Crippen LogP contribution is 2.32. The number of hydrogen-bond acceptors (Lipinski definition) is 10. The van der Waals surface area contributed by atoms with Crippen LogP contribution in [0, 0.1) is 0 Å². The van der Waals surface area contributed by atoms with Crippen molar-refractivity contribution in [1.82, 2.24) is 25.0 Å². The normalized spacial score (nSPS) is 26.0. The third-order valence-corrected chi connectivity index (χ3v) is 3.68. The van der Waals surface area contributed by atoms with Crippen molar-refractivity contribution in [3.05, 3.63) is 12.7 Å². The van der Waals surface area contributed by atoms with Crippen LogP contribution in [0.1, 0.15) is 13.2 Å². The first-order valence-electron chi connectivity index (χ1n) is 7.52. The summed E-state index contributed by atoms with van der Waals surface area (Å²) in [6.45, 7) is 1.69. The Balaban J connectivity index is 1.71. The molecule has 12 heteroatoms. The SMILES string of the molecule is CCONC(=O)OC[C@H]1O[C@@H](n2cnc3c(N)ncnc32)[C@H](O)[C@@H]1O. The first-order valence-corrected chi connectivity index (χ1v) is 7.52. The summed E-state index contributed by atoms with van der Waals surface area (Å²) in [6.07, 6.45) is -2.67. The summed E-state index contributed by atoms with van der Waals surface area (Å²) < 4.78 is 11.9. The molecule has 0 aromatic carbocycles. The summed E-state index contributed by atoms with van der Waals surface area (Å²) in [6, 6.07) is 0. The van der Waals surface area contributed by atoms with Gasteiger partial charge >= 0.3 is 6.09 Å². The number of carbonyl (C=O) groups is 1. The zero-order valence-electron chi connectivity index (χ0n) is 13.3. The third kappa shape index (κ3) is 3.32. The van der Waals surface area contributed by atoms with Crippen molar-refractivity contribution < 1.29 is 29.3 Å². The Labute approximate surface area is 141 Å². The van der Waals surface area contributed by atoms with Crippen LogP contribution >= 0.6 is 0 Å². The largest absolute Gasteiger partial charge is 0.445 e. The Morgan fingerprint density at radius 1 is 1.40 bits per heavy atom. The number of anilines is 1. The monoisotopic (exact) mass is 354 g/mol. The standard InChI is InChI=1S/C13H18N6O6/c1-2-24-18-13(22)23-3-6-8(20)9(21)12(25-6)19-5-17-7-10(14)15-4-16-11(7)19/h4-6,8-9,12,20-21H,2-3H2,1H3,(H,18,22)(H2,14,15,16)/t6-,8-,9-,12-/m1/s1. The number of aliphatic hydroxyl groups excluding tert-OH is 2. The number of nitrogens with one attached hydrogen (secondary N) is 1. The van der Waals surface area contributed by atoms with Crippen LogP contribution in [0.15, 0.2) is 12.7 Å². The van der Waals surface area contributed by atoms with Gasteiger partial charge in [0.15, 0.2) is 17.7 Å². The van der Waals surface area contributed by atoms with Gasteiger partial charge in [-0.1, -0.05) is 0 Å². The lowest BCUT2D eigenvalue weighted by Crippen LogP contribution is -2.36. The molecule has 136 valence electrons. The lowest BCUT2D eigenvalue weighted by atomic mass is 10.1. The zero-order valence-corrected chi connectivity index (χ0v) is 13.3. The molecule has 0 bridgehead atoms. The van der Waals surface area contributed by atoms with E-state index in [0.29, 0.717) is 11.2 Å². The van der Waals surface area contributed by atoms with Crippen LogP contribution in [-0.2, 0) is 14.3 Å². The highest BCUT2D eigenvalue weighted by atomic mass is 16.7. The lowest BCUT2D eigenvalue weighted by molar-refractivity contribution is -0.0582. The van der Waals surface area contributed by atoms with Gasteiger partial charge in [0.05, 0.1) is 12.9 Å². The summed E-state index contributed by atoms with van der Waals surface area (Å²) in [5.41, 5.74) is 8.46. The molecule has 1 fully saturated rings. The first-order chi connectivity index (χ1) is 12.0. The maximum absolute atomic E-state index is 11.4. The second-order valence-corrected chi connectivity index (χ2v) is 5.26. The molecule has 1 aliphatic heterocycles. The first kappa shape index (κ1) is 17.3. The molecule has 0 aliphatic carbocycles. The summed E-state index contributed by atoms with van der Waals surface area (Å²) in [7, 11) is 0. The molecule has 2 aromatic rings. The quantitative estimate of drug-likeness (QED) is 0.474. The van der Waals surface area contributed by atoms with Crippen LogP contribution in [0.25, 0.3) is 11.2 Å². The van der Waals surface area contributed by atoms with E-state index >= 15 is 0 Å². The van der Waals surface area contributed by atoms with Gasteiger partial charge in [-0.3, -0.25) is 9.40 Å². The number of aliphatic hydroxyl groups is 2. The topological polar surface area (TPSA) is 167 Å². The molecule has 12 nitrogen and oxygen atoms in total. The molecule has 3 heterocycles. The van der Waals surface area contributed by atoms with Crippen molar-refractivity contribution >= 4 is 23.1 Å². The number of nitrogen functional groups attached to an aromatic ring is 1.